The third-order valence-electron chi connectivity index (χ3n) is 2.79. The van der Waals surface area contributed by atoms with E-state index in [9.17, 15) is 9.90 Å². The lowest BCUT2D eigenvalue weighted by Crippen LogP contribution is -2.40. The molecule has 3 nitrogen and oxygen atoms in total. The topological polar surface area (TPSA) is 49.3 Å². The molecule has 1 aromatic rings. The summed E-state index contributed by atoms with van der Waals surface area (Å²) in [6.45, 7) is 2.11. The Bertz CT molecular complexity index is 356. The zero-order valence-electron chi connectivity index (χ0n) is 11.5. The van der Waals surface area contributed by atoms with Crippen molar-refractivity contribution in [3.05, 3.63) is 35.9 Å². The number of nitrogens with one attached hydrogen (secondary N) is 1. The third kappa shape index (κ3) is 7.23. The van der Waals surface area contributed by atoms with Gasteiger partial charge < -0.3 is 10.4 Å². The summed E-state index contributed by atoms with van der Waals surface area (Å²) in [6, 6.07) is 9.70. The van der Waals surface area contributed by atoms with Crippen LogP contribution in [0.4, 0.5) is 0 Å². The summed E-state index contributed by atoms with van der Waals surface area (Å²) in [5.74, 6) is 1.51. The molecule has 0 saturated heterocycles. The standard InChI is InChI=1S/C15H23NO2S/c1-2-3-9-19-12-15(18)16-14(11-17)10-13-7-5-4-6-8-13/h4-8,14,17H,2-3,9-12H2,1H3,(H,16,18)/t14-/m0/s1. The lowest BCUT2D eigenvalue weighted by atomic mass is 10.1. The van der Waals surface area contributed by atoms with Gasteiger partial charge in [-0.2, -0.15) is 11.8 Å². The fraction of sp³-hybridized carbons (Fsp3) is 0.533. The van der Waals surface area contributed by atoms with Gasteiger partial charge in [-0.1, -0.05) is 43.7 Å². The molecule has 0 unspecified atom stereocenters. The molecule has 1 aromatic carbocycles. The fourth-order valence-electron chi connectivity index (χ4n) is 1.74. The van der Waals surface area contributed by atoms with Crippen LogP contribution in [-0.2, 0) is 11.2 Å². The number of benzene rings is 1. The van der Waals surface area contributed by atoms with Gasteiger partial charge in [0.2, 0.25) is 5.91 Å². The summed E-state index contributed by atoms with van der Waals surface area (Å²) in [5.41, 5.74) is 1.13. The number of hydrogen-bond donors (Lipinski definition) is 2. The summed E-state index contributed by atoms with van der Waals surface area (Å²) >= 11 is 1.65. The van der Waals surface area contributed by atoms with Crippen molar-refractivity contribution in [2.24, 2.45) is 0 Å². The average molecular weight is 281 g/mol. The number of carbonyl (C=O) groups excluding carboxylic acids is 1. The molecule has 0 spiro atoms. The second-order valence-corrected chi connectivity index (χ2v) is 5.65. The first-order chi connectivity index (χ1) is 9.26. The van der Waals surface area contributed by atoms with Crippen LogP contribution in [-0.4, -0.2) is 35.2 Å². The monoisotopic (exact) mass is 281 g/mol. The van der Waals surface area contributed by atoms with Crippen molar-refractivity contribution in [1.82, 2.24) is 5.32 Å². The molecule has 0 fully saturated rings. The van der Waals surface area contributed by atoms with Crippen LogP contribution in [0.3, 0.4) is 0 Å². The summed E-state index contributed by atoms with van der Waals surface area (Å²) in [6.07, 6.45) is 2.97. The van der Waals surface area contributed by atoms with Crippen LogP contribution < -0.4 is 5.32 Å². The van der Waals surface area contributed by atoms with Gasteiger partial charge in [0.1, 0.15) is 0 Å². The minimum absolute atomic E-state index is 0.0103. The normalized spacial score (nSPS) is 12.1. The quantitative estimate of drug-likeness (QED) is 0.683. The van der Waals surface area contributed by atoms with Crippen LogP contribution in [0.2, 0.25) is 0 Å². The molecule has 0 radical (unpaired) electrons. The minimum atomic E-state index is -0.193. The van der Waals surface area contributed by atoms with Crippen molar-refractivity contribution in [2.75, 3.05) is 18.1 Å². The Morgan fingerprint density at radius 3 is 2.74 bits per heavy atom. The van der Waals surface area contributed by atoms with Crippen LogP contribution in [0.25, 0.3) is 0 Å². The van der Waals surface area contributed by atoms with E-state index in [-0.39, 0.29) is 18.6 Å². The maximum Gasteiger partial charge on any atom is 0.230 e. The zero-order chi connectivity index (χ0) is 13.9. The lowest BCUT2D eigenvalue weighted by molar-refractivity contribution is -0.119. The molecule has 0 aliphatic carbocycles. The van der Waals surface area contributed by atoms with E-state index in [0.717, 1.165) is 24.2 Å². The highest BCUT2D eigenvalue weighted by atomic mass is 32.2. The van der Waals surface area contributed by atoms with E-state index >= 15 is 0 Å². The second kappa shape index (κ2) is 9.87. The van der Waals surface area contributed by atoms with Crippen LogP contribution in [0.5, 0.6) is 0 Å². The van der Waals surface area contributed by atoms with Gasteiger partial charge in [0.05, 0.1) is 18.4 Å². The number of aliphatic hydroxyl groups excluding tert-OH is 1. The molecular formula is C15H23NO2S. The molecule has 0 heterocycles. The fourth-order valence-corrected chi connectivity index (χ4v) is 2.65. The maximum absolute atomic E-state index is 11.7. The van der Waals surface area contributed by atoms with Gasteiger partial charge in [0.25, 0.3) is 0 Å². The zero-order valence-corrected chi connectivity index (χ0v) is 12.3. The molecule has 0 aromatic heterocycles. The Morgan fingerprint density at radius 1 is 1.37 bits per heavy atom. The predicted octanol–water partition coefficient (Wildman–Crippen LogP) is 2.24. The summed E-state index contributed by atoms with van der Waals surface area (Å²) in [7, 11) is 0. The minimum Gasteiger partial charge on any atom is -0.394 e. The van der Waals surface area contributed by atoms with E-state index in [4.69, 9.17) is 0 Å². The molecule has 0 aliphatic rings. The number of aliphatic hydroxyl groups is 1. The molecule has 1 atom stereocenters. The van der Waals surface area contributed by atoms with E-state index in [1.54, 1.807) is 11.8 Å². The van der Waals surface area contributed by atoms with E-state index in [0.29, 0.717) is 12.2 Å². The smallest absolute Gasteiger partial charge is 0.230 e. The van der Waals surface area contributed by atoms with Gasteiger partial charge in [-0.25, -0.2) is 0 Å². The summed E-state index contributed by atoms with van der Waals surface area (Å²) < 4.78 is 0. The average Bonchev–Trinajstić information content (AvgIpc) is 2.44. The molecule has 0 saturated carbocycles. The van der Waals surface area contributed by atoms with Gasteiger partial charge in [0.15, 0.2) is 0 Å². The number of unbranched alkanes of at least 4 members (excludes halogenated alkanes) is 1. The van der Waals surface area contributed by atoms with Gasteiger partial charge in [-0.3, -0.25) is 4.79 Å². The number of rotatable bonds is 9. The third-order valence-corrected chi connectivity index (χ3v) is 3.83. The lowest BCUT2D eigenvalue weighted by Gasteiger charge is -2.16. The SMILES string of the molecule is CCCCSCC(=O)N[C@H](CO)Cc1ccccc1. The van der Waals surface area contributed by atoms with E-state index < -0.39 is 0 Å². The van der Waals surface area contributed by atoms with Crippen molar-refractivity contribution >= 4 is 17.7 Å². The first-order valence-corrected chi connectivity index (χ1v) is 7.93. The number of amides is 1. The van der Waals surface area contributed by atoms with Gasteiger partial charge in [0, 0.05) is 0 Å². The van der Waals surface area contributed by atoms with Gasteiger partial charge in [-0.15, -0.1) is 0 Å². The van der Waals surface area contributed by atoms with Crippen LogP contribution in [0.15, 0.2) is 30.3 Å². The predicted molar refractivity (Wildman–Crippen MR) is 81.4 cm³/mol. The first kappa shape index (κ1) is 16.1. The number of carbonyl (C=O) groups is 1. The summed E-state index contributed by atoms with van der Waals surface area (Å²) in [4.78, 5) is 11.7. The van der Waals surface area contributed by atoms with Gasteiger partial charge in [-0.05, 0) is 24.2 Å². The van der Waals surface area contributed by atoms with E-state index in [1.165, 1.54) is 0 Å². The van der Waals surface area contributed by atoms with Gasteiger partial charge >= 0.3 is 0 Å². The van der Waals surface area contributed by atoms with Crippen LogP contribution >= 0.6 is 11.8 Å². The van der Waals surface area contributed by atoms with Crippen LogP contribution in [0, 0.1) is 0 Å². The Labute approximate surface area is 119 Å². The van der Waals surface area contributed by atoms with Crippen molar-refractivity contribution in [2.45, 2.75) is 32.2 Å². The molecule has 1 rings (SSSR count). The first-order valence-electron chi connectivity index (χ1n) is 6.78. The van der Waals surface area contributed by atoms with Crippen molar-refractivity contribution in [1.29, 1.82) is 0 Å². The number of thioether (sulfide) groups is 1. The Balaban J connectivity index is 2.29. The Kier molecular flexibility index (Phi) is 8.34. The molecule has 0 bridgehead atoms. The highest BCUT2D eigenvalue weighted by Crippen LogP contribution is 2.06. The summed E-state index contributed by atoms with van der Waals surface area (Å²) in [5, 5.41) is 12.2. The molecule has 19 heavy (non-hydrogen) atoms. The molecule has 1 amide bonds. The highest BCUT2D eigenvalue weighted by Gasteiger charge is 2.11. The highest BCUT2D eigenvalue weighted by molar-refractivity contribution is 7.99. The Morgan fingerprint density at radius 2 is 2.11 bits per heavy atom. The molecule has 106 valence electrons. The molecule has 2 N–H and O–H groups in total. The second-order valence-electron chi connectivity index (χ2n) is 4.54. The van der Waals surface area contributed by atoms with Crippen molar-refractivity contribution in [3.8, 4) is 0 Å². The van der Waals surface area contributed by atoms with E-state index in [2.05, 4.69) is 12.2 Å². The van der Waals surface area contributed by atoms with E-state index in [1.807, 2.05) is 30.3 Å². The van der Waals surface area contributed by atoms with Crippen LogP contribution in [0.1, 0.15) is 25.3 Å². The largest absolute Gasteiger partial charge is 0.394 e. The molecule has 0 aliphatic heterocycles. The molecular weight excluding hydrogens is 258 g/mol. The maximum atomic E-state index is 11.7. The number of hydrogen-bond acceptors (Lipinski definition) is 3. The van der Waals surface area contributed by atoms with Crippen molar-refractivity contribution < 1.29 is 9.90 Å². The Hall–Kier alpha value is -1.00. The van der Waals surface area contributed by atoms with Crippen molar-refractivity contribution in [3.63, 3.8) is 0 Å². The molecule has 4 heteroatoms.